The van der Waals surface area contributed by atoms with Gasteiger partial charge >= 0.3 is 5.97 Å². The molecule has 206 valence electrons. The number of imide groups is 1. The molecule has 2 fully saturated rings. The average Bonchev–Trinajstić information content (AvgIpc) is 3.55. The van der Waals surface area contributed by atoms with Gasteiger partial charge in [-0.1, -0.05) is 66.7 Å². The Morgan fingerprint density at radius 3 is 1.64 bits per heavy atom. The SMILES string of the molecule is O=C(Oc1ccc(N2C(=O)[C@@H]3C4c5ccccc5C(c5ccccc54)[C@@H]3C2=O)cc1)[C@H]1CC(=O)N(c2ccccc2)C1. The first-order valence-electron chi connectivity index (χ1n) is 14.2. The van der Waals surface area contributed by atoms with Crippen LogP contribution in [-0.2, 0) is 19.2 Å². The van der Waals surface area contributed by atoms with Crippen LogP contribution < -0.4 is 14.5 Å². The van der Waals surface area contributed by atoms with Gasteiger partial charge in [-0.05, 0) is 58.7 Å². The number of esters is 1. The second-order valence-electron chi connectivity index (χ2n) is 11.4. The van der Waals surface area contributed by atoms with Crippen LogP contribution in [0.15, 0.2) is 103 Å². The first-order chi connectivity index (χ1) is 20.5. The summed E-state index contributed by atoms with van der Waals surface area (Å²) < 4.78 is 5.62. The van der Waals surface area contributed by atoms with Crippen molar-refractivity contribution >= 4 is 35.1 Å². The molecule has 7 nitrogen and oxygen atoms in total. The molecule has 9 rings (SSSR count). The first kappa shape index (κ1) is 24.7. The molecule has 0 N–H and O–H groups in total. The highest BCUT2D eigenvalue weighted by molar-refractivity contribution is 6.23. The number of anilines is 2. The minimum absolute atomic E-state index is 0.0818. The Hall–Kier alpha value is -5.04. The van der Waals surface area contributed by atoms with E-state index in [0.717, 1.165) is 27.9 Å². The molecule has 2 saturated heterocycles. The van der Waals surface area contributed by atoms with Crippen molar-refractivity contribution in [2.75, 3.05) is 16.3 Å². The second-order valence-corrected chi connectivity index (χ2v) is 11.4. The van der Waals surface area contributed by atoms with Gasteiger partial charge in [0.2, 0.25) is 17.7 Å². The van der Waals surface area contributed by atoms with E-state index >= 15 is 0 Å². The molecule has 2 aliphatic heterocycles. The van der Waals surface area contributed by atoms with Crippen LogP contribution in [0.1, 0.15) is 40.5 Å². The maximum absolute atomic E-state index is 14.0. The fraction of sp³-hybridized carbons (Fsp3) is 0.200. The largest absolute Gasteiger partial charge is 0.426 e. The number of carbonyl (C=O) groups excluding carboxylic acids is 4. The zero-order valence-corrected chi connectivity index (χ0v) is 22.6. The van der Waals surface area contributed by atoms with Crippen LogP contribution in [0.5, 0.6) is 5.75 Å². The van der Waals surface area contributed by atoms with Gasteiger partial charge in [-0.15, -0.1) is 0 Å². The zero-order chi connectivity index (χ0) is 28.5. The molecule has 42 heavy (non-hydrogen) atoms. The Bertz CT molecular complexity index is 1670. The summed E-state index contributed by atoms with van der Waals surface area (Å²) in [6, 6.07) is 32.1. The predicted molar refractivity (Wildman–Crippen MR) is 155 cm³/mol. The summed E-state index contributed by atoms with van der Waals surface area (Å²) in [5.74, 6) is -2.54. The lowest BCUT2D eigenvalue weighted by Crippen LogP contribution is -2.41. The molecular formula is C35H26N2O5. The summed E-state index contributed by atoms with van der Waals surface area (Å²) in [7, 11) is 0. The normalized spacial score (nSPS) is 25.3. The van der Waals surface area contributed by atoms with Gasteiger partial charge in [0.1, 0.15) is 5.75 Å². The standard InChI is InChI=1S/C35H26N2O5/c38-28-18-20(19-36(28)21-8-2-1-3-9-21)35(41)42-23-16-14-22(15-17-23)37-33(39)31-29-24-10-4-5-11-25(24)30(32(31)34(37)40)27-13-7-6-12-26(27)29/h1-17,20,29-32H,18-19H2/t20-,29?,30?,31-,32+/m0/s1. The van der Waals surface area contributed by atoms with Crippen molar-refractivity contribution in [1.82, 2.24) is 0 Å². The molecule has 3 aliphatic carbocycles. The van der Waals surface area contributed by atoms with Crippen molar-refractivity contribution in [3.05, 3.63) is 125 Å². The number of carbonyl (C=O) groups is 4. The van der Waals surface area contributed by atoms with Crippen LogP contribution >= 0.6 is 0 Å². The summed E-state index contributed by atoms with van der Waals surface area (Å²) in [6.07, 6.45) is 0.0818. The molecule has 7 heteroatoms. The van der Waals surface area contributed by atoms with Gasteiger partial charge in [0.15, 0.2) is 0 Å². The Labute approximate surface area is 242 Å². The van der Waals surface area contributed by atoms with Gasteiger partial charge in [0.25, 0.3) is 0 Å². The van der Waals surface area contributed by atoms with E-state index in [1.807, 2.05) is 54.6 Å². The highest BCUT2D eigenvalue weighted by Crippen LogP contribution is 2.61. The van der Waals surface area contributed by atoms with Crippen LogP contribution in [0.4, 0.5) is 11.4 Å². The molecule has 4 aromatic rings. The number of nitrogens with zero attached hydrogens (tertiary/aromatic N) is 2. The van der Waals surface area contributed by atoms with E-state index in [4.69, 9.17) is 4.74 Å². The van der Waals surface area contributed by atoms with E-state index in [2.05, 4.69) is 24.3 Å². The predicted octanol–water partition coefficient (Wildman–Crippen LogP) is 5.04. The molecule has 3 atom stereocenters. The summed E-state index contributed by atoms with van der Waals surface area (Å²) in [5, 5.41) is 0. The van der Waals surface area contributed by atoms with E-state index in [0.29, 0.717) is 11.4 Å². The third kappa shape index (κ3) is 3.52. The minimum Gasteiger partial charge on any atom is -0.426 e. The van der Waals surface area contributed by atoms with Crippen molar-refractivity contribution in [2.24, 2.45) is 17.8 Å². The first-order valence-corrected chi connectivity index (χ1v) is 14.2. The molecule has 2 bridgehead atoms. The molecule has 0 aromatic heterocycles. The Morgan fingerprint density at radius 2 is 1.12 bits per heavy atom. The number of amides is 3. The van der Waals surface area contributed by atoms with Crippen LogP contribution in [-0.4, -0.2) is 30.2 Å². The monoisotopic (exact) mass is 554 g/mol. The zero-order valence-electron chi connectivity index (χ0n) is 22.6. The topological polar surface area (TPSA) is 84.0 Å². The summed E-state index contributed by atoms with van der Waals surface area (Å²) in [6.45, 7) is 0.256. The van der Waals surface area contributed by atoms with Crippen molar-refractivity contribution in [2.45, 2.75) is 18.3 Å². The molecular weight excluding hydrogens is 528 g/mol. The van der Waals surface area contributed by atoms with Gasteiger partial charge in [0, 0.05) is 30.5 Å². The van der Waals surface area contributed by atoms with Gasteiger partial charge in [-0.3, -0.25) is 19.2 Å². The molecule has 0 saturated carbocycles. The van der Waals surface area contributed by atoms with Gasteiger partial charge in [-0.25, -0.2) is 4.90 Å². The van der Waals surface area contributed by atoms with Gasteiger partial charge < -0.3 is 9.64 Å². The third-order valence-electron chi connectivity index (χ3n) is 9.29. The van der Waals surface area contributed by atoms with E-state index in [1.165, 1.54) is 4.90 Å². The number of rotatable bonds is 4. The summed E-state index contributed by atoms with van der Waals surface area (Å²) in [4.78, 5) is 56.3. The highest BCUT2D eigenvalue weighted by atomic mass is 16.5. The lowest BCUT2D eigenvalue weighted by molar-refractivity contribution is -0.139. The quantitative estimate of drug-likeness (QED) is 0.201. The molecule has 0 radical (unpaired) electrons. The maximum Gasteiger partial charge on any atom is 0.316 e. The molecule has 0 spiro atoms. The van der Waals surface area contributed by atoms with Crippen molar-refractivity contribution in [3.8, 4) is 5.75 Å². The summed E-state index contributed by atoms with van der Waals surface area (Å²) in [5.41, 5.74) is 5.72. The second kappa shape index (κ2) is 9.24. The fourth-order valence-corrected chi connectivity index (χ4v) is 7.52. The number of hydrogen-bond acceptors (Lipinski definition) is 5. The summed E-state index contributed by atoms with van der Waals surface area (Å²) >= 11 is 0. The lowest BCUT2D eigenvalue weighted by Gasteiger charge is -2.45. The Morgan fingerprint density at radius 1 is 0.619 bits per heavy atom. The number of para-hydroxylation sites is 1. The number of ether oxygens (including phenoxy) is 1. The van der Waals surface area contributed by atoms with E-state index < -0.39 is 23.7 Å². The van der Waals surface area contributed by atoms with Gasteiger partial charge in [0.05, 0.1) is 23.4 Å². The molecule has 4 aromatic carbocycles. The average molecular weight is 555 g/mol. The number of benzene rings is 4. The van der Waals surface area contributed by atoms with Crippen molar-refractivity contribution in [3.63, 3.8) is 0 Å². The molecule has 0 unspecified atom stereocenters. The smallest absolute Gasteiger partial charge is 0.316 e. The van der Waals surface area contributed by atoms with E-state index in [-0.39, 0.29) is 42.5 Å². The van der Waals surface area contributed by atoms with Crippen molar-refractivity contribution in [1.29, 1.82) is 0 Å². The highest BCUT2D eigenvalue weighted by Gasteiger charge is 2.61. The van der Waals surface area contributed by atoms with Crippen LogP contribution in [0.3, 0.4) is 0 Å². The molecule has 5 aliphatic rings. The van der Waals surface area contributed by atoms with Crippen LogP contribution in [0.2, 0.25) is 0 Å². The van der Waals surface area contributed by atoms with Crippen molar-refractivity contribution < 1.29 is 23.9 Å². The van der Waals surface area contributed by atoms with E-state index in [9.17, 15) is 19.2 Å². The number of hydrogen-bond donors (Lipinski definition) is 0. The third-order valence-corrected chi connectivity index (χ3v) is 9.29. The fourth-order valence-electron chi connectivity index (χ4n) is 7.52. The van der Waals surface area contributed by atoms with Crippen LogP contribution in [0, 0.1) is 17.8 Å². The Kier molecular flexibility index (Phi) is 5.44. The molecule has 2 heterocycles. The lowest BCUT2D eigenvalue weighted by atomic mass is 9.55. The maximum atomic E-state index is 14.0. The Balaban J connectivity index is 1.03. The molecule has 3 amide bonds. The van der Waals surface area contributed by atoms with E-state index in [1.54, 1.807) is 29.2 Å². The van der Waals surface area contributed by atoms with Crippen LogP contribution in [0.25, 0.3) is 0 Å². The minimum atomic E-state index is -0.582. The van der Waals surface area contributed by atoms with Gasteiger partial charge in [-0.2, -0.15) is 0 Å².